The van der Waals surface area contributed by atoms with Crippen LogP contribution in [0.1, 0.15) is 56.4 Å². The van der Waals surface area contributed by atoms with Gasteiger partial charge in [-0.3, -0.25) is 0 Å². The molecule has 0 bridgehead atoms. The van der Waals surface area contributed by atoms with Gasteiger partial charge in [-0.05, 0) is 31.4 Å². The molecular weight excluding hydrogens is 234 g/mol. The molecule has 0 aliphatic carbocycles. The number of aryl methyl sites for hydroxylation is 1. The standard InChI is InChI=1S/C17H25NO/c1-5-8-14-15-10-7-9-13(12(3)6-2)17(15)19-16(14)11-18-4/h7,9-10,12,18H,5-6,8,11H2,1-4H3. The summed E-state index contributed by atoms with van der Waals surface area (Å²) in [5, 5.41) is 4.52. The zero-order chi connectivity index (χ0) is 13.8. The summed E-state index contributed by atoms with van der Waals surface area (Å²) in [7, 11) is 1.97. The lowest BCUT2D eigenvalue weighted by Crippen LogP contribution is -2.05. The molecule has 1 aromatic heterocycles. The average molecular weight is 259 g/mol. The van der Waals surface area contributed by atoms with E-state index in [0.29, 0.717) is 5.92 Å². The lowest BCUT2D eigenvalue weighted by atomic mass is 9.95. The zero-order valence-corrected chi connectivity index (χ0v) is 12.5. The van der Waals surface area contributed by atoms with E-state index < -0.39 is 0 Å². The quantitative estimate of drug-likeness (QED) is 0.819. The fraction of sp³-hybridized carbons (Fsp3) is 0.529. The van der Waals surface area contributed by atoms with Crippen LogP contribution in [0.3, 0.4) is 0 Å². The van der Waals surface area contributed by atoms with Crippen LogP contribution in [0, 0.1) is 0 Å². The van der Waals surface area contributed by atoms with Crippen molar-refractivity contribution >= 4 is 11.0 Å². The van der Waals surface area contributed by atoms with Gasteiger partial charge in [0.25, 0.3) is 0 Å². The Balaban J connectivity index is 2.60. The minimum absolute atomic E-state index is 0.548. The molecule has 2 rings (SSSR count). The zero-order valence-electron chi connectivity index (χ0n) is 12.5. The largest absolute Gasteiger partial charge is 0.459 e. The molecule has 2 heteroatoms. The predicted molar refractivity (Wildman–Crippen MR) is 81.7 cm³/mol. The fourth-order valence-electron chi connectivity index (χ4n) is 2.68. The molecule has 1 N–H and O–H groups in total. The molecule has 1 aromatic carbocycles. The SMILES string of the molecule is CCCc1c(CNC)oc2c(C(C)CC)cccc12. The second-order valence-electron chi connectivity index (χ2n) is 5.32. The van der Waals surface area contributed by atoms with Gasteiger partial charge in [0, 0.05) is 10.9 Å². The molecule has 104 valence electrons. The minimum atomic E-state index is 0.548. The molecule has 0 aliphatic heterocycles. The first-order valence-electron chi connectivity index (χ1n) is 7.40. The van der Waals surface area contributed by atoms with Crippen LogP contribution in [0.25, 0.3) is 11.0 Å². The third-order valence-corrected chi connectivity index (χ3v) is 3.91. The molecule has 0 amide bonds. The number of benzene rings is 1. The molecular formula is C17H25NO. The normalized spacial score (nSPS) is 13.1. The predicted octanol–water partition coefficient (Wildman–Crippen LogP) is 4.62. The Hall–Kier alpha value is -1.28. The highest BCUT2D eigenvalue weighted by Crippen LogP contribution is 2.33. The van der Waals surface area contributed by atoms with Gasteiger partial charge in [-0.1, -0.05) is 45.4 Å². The third kappa shape index (κ3) is 2.69. The van der Waals surface area contributed by atoms with Crippen molar-refractivity contribution in [1.82, 2.24) is 5.32 Å². The van der Waals surface area contributed by atoms with Gasteiger partial charge in [-0.2, -0.15) is 0 Å². The summed E-state index contributed by atoms with van der Waals surface area (Å²) in [6, 6.07) is 6.58. The van der Waals surface area contributed by atoms with Gasteiger partial charge in [-0.15, -0.1) is 0 Å². The molecule has 0 saturated heterocycles. The molecule has 2 nitrogen and oxygen atoms in total. The number of furan rings is 1. The number of fused-ring (bicyclic) bond motifs is 1. The van der Waals surface area contributed by atoms with Crippen LogP contribution >= 0.6 is 0 Å². The number of rotatable bonds is 6. The first-order chi connectivity index (χ1) is 9.22. The topological polar surface area (TPSA) is 25.2 Å². The van der Waals surface area contributed by atoms with E-state index in [1.165, 1.54) is 16.5 Å². The molecule has 0 fully saturated rings. The van der Waals surface area contributed by atoms with Crippen molar-refractivity contribution in [2.24, 2.45) is 0 Å². The van der Waals surface area contributed by atoms with E-state index in [1.807, 2.05) is 7.05 Å². The van der Waals surface area contributed by atoms with Crippen LogP contribution in [0.2, 0.25) is 0 Å². The molecule has 0 saturated carbocycles. The van der Waals surface area contributed by atoms with Crippen molar-refractivity contribution in [2.45, 2.75) is 52.5 Å². The second-order valence-corrected chi connectivity index (χ2v) is 5.32. The van der Waals surface area contributed by atoms with Crippen LogP contribution in [0.15, 0.2) is 22.6 Å². The van der Waals surface area contributed by atoms with Gasteiger partial charge >= 0.3 is 0 Å². The van der Waals surface area contributed by atoms with Crippen molar-refractivity contribution in [1.29, 1.82) is 0 Å². The summed E-state index contributed by atoms with van der Waals surface area (Å²) in [6.45, 7) is 7.53. The van der Waals surface area contributed by atoms with E-state index in [4.69, 9.17) is 4.42 Å². The average Bonchev–Trinajstić information content (AvgIpc) is 2.77. The number of nitrogens with one attached hydrogen (secondary N) is 1. The third-order valence-electron chi connectivity index (χ3n) is 3.91. The van der Waals surface area contributed by atoms with Crippen molar-refractivity contribution < 1.29 is 4.42 Å². The lowest BCUT2D eigenvalue weighted by molar-refractivity contribution is 0.518. The van der Waals surface area contributed by atoms with E-state index >= 15 is 0 Å². The monoisotopic (exact) mass is 259 g/mol. The summed E-state index contributed by atoms with van der Waals surface area (Å²) in [5.41, 5.74) is 3.84. The highest BCUT2D eigenvalue weighted by molar-refractivity contribution is 5.85. The first kappa shape index (κ1) is 14.1. The van der Waals surface area contributed by atoms with E-state index in [-0.39, 0.29) is 0 Å². The number of para-hydroxylation sites is 1. The summed E-state index contributed by atoms with van der Waals surface area (Å²) in [4.78, 5) is 0. The summed E-state index contributed by atoms with van der Waals surface area (Å²) in [6.07, 6.45) is 3.39. The minimum Gasteiger partial charge on any atom is -0.459 e. The molecule has 1 atom stereocenters. The van der Waals surface area contributed by atoms with Crippen LogP contribution in [-0.2, 0) is 13.0 Å². The van der Waals surface area contributed by atoms with Gasteiger partial charge in [0.15, 0.2) is 0 Å². The van der Waals surface area contributed by atoms with E-state index in [2.05, 4.69) is 44.3 Å². The second kappa shape index (κ2) is 6.25. The van der Waals surface area contributed by atoms with Crippen molar-refractivity contribution in [3.63, 3.8) is 0 Å². The van der Waals surface area contributed by atoms with E-state index in [1.54, 1.807) is 0 Å². The Morgan fingerprint density at radius 2 is 2.05 bits per heavy atom. The maximum Gasteiger partial charge on any atom is 0.138 e. The Morgan fingerprint density at radius 1 is 1.26 bits per heavy atom. The van der Waals surface area contributed by atoms with Gasteiger partial charge in [0.05, 0.1) is 6.54 Å². The Bertz CT molecular complexity index is 541. The fourth-order valence-corrected chi connectivity index (χ4v) is 2.68. The summed E-state index contributed by atoms with van der Waals surface area (Å²) in [5.74, 6) is 1.65. The van der Waals surface area contributed by atoms with Gasteiger partial charge in [0.2, 0.25) is 0 Å². The molecule has 2 aromatic rings. The highest BCUT2D eigenvalue weighted by atomic mass is 16.3. The van der Waals surface area contributed by atoms with Crippen molar-refractivity contribution in [3.8, 4) is 0 Å². The summed E-state index contributed by atoms with van der Waals surface area (Å²) >= 11 is 0. The molecule has 19 heavy (non-hydrogen) atoms. The molecule has 1 heterocycles. The van der Waals surface area contributed by atoms with Crippen LogP contribution < -0.4 is 5.32 Å². The lowest BCUT2D eigenvalue weighted by Gasteiger charge is -2.09. The molecule has 0 radical (unpaired) electrons. The Morgan fingerprint density at radius 3 is 2.68 bits per heavy atom. The Labute approximate surface area is 116 Å². The van der Waals surface area contributed by atoms with E-state index in [9.17, 15) is 0 Å². The van der Waals surface area contributed by atoms with Crippen molar-refractivity contribution in [2.75, 3.05) is 7.05 Å². The van der Waals surface area contributed by atoms with Crippen LogP contribution in [0.4, 0.5) is 0 Å². The molecule has 0 spiro atoms. The van der Waals surface area contributed by atoms with Gasteiger partial charge in [0.1, 0.15) is 11.3 Å². The number of hydrogen-bond donors (Lipinski definition) is 1. The maximum absolute atomic E-state index is 6.18. The number of hydrogen-bond acceptors (Lipinski definition) is 2. The van der Waals surface area contributed by atoms with Gasteiger partial charge in [-0.25, -0.2) is 0 Å². The molecule has 0 aliphatic rings. The Kier molecular flexibility index (Phi) is 4.65. The summed E-state index contributed by atoms with van der Waals surface area (Å²) < 4.78 is 6.18. The maximum atomic E-state index is 6.18. The smallest absolute Gasteiger partial charge is 0.138 e. The van der Waals surface area contributed by atoms with Crippen LogP contribution in [-0.4, -0.2) is 7.05 Å². The van der Waals surface area contributed by atoms with Gasteiger partial charge < -0.3 is 9.73 Å². The highest BCUT2D eigenvalue weighted by Gasteiger charge is 2.17. The van der Waals surface area contributed by atoms with Crippen LogP contribution in [0.5, 0.6) is 0 Å². The molecule has 1 unspecified atom stereocenters. The van der Waals surface area contributed by atoms with E-state index in [0.717, 1.165) is 37.2 Å². The first-order valence-corrected chi connectivity index (χ1v) is 7.40. The van der Waals surface area contributed by atoms with Crippen molar-refractivity contribution in [3.05, 3.63) is 35.1 Å².